The van der Waals surface area contributed by atoms with Crippen molar-refractivity contribution in [3.8, 4) is 0 Å². The maximum absolute atomic E-state index is 13.1. The van der Waals surface area contributed by atoms with Gasteiger partial charge in [0.2, 0.25) is 0 Å². The van der Waals surface area contributed by atoms with Crippen LogP contribution in [0.1, 0.15) is 68.7 Å². The molecule has 3 heterocycles. The summed E-state index contributed by atoms with van der Waals surface area (Å²) in [5.41, 5.74) is 4.80. The van der Waals surface area contributed by atoms with Gasteiger partial charge >= 0.3 is 0 Å². The highest BCUT2D eigenvalue weighted by Gasteiger charge is 2.23. The number of fused-ring (bicyclic) bond motifs is 2. The number of hydrogen-bond donors (Lipinski definition) is 0. The summed E-state index contributed by atoms with van der Waals surface area (Å²) in [4.78, 5) is 24.7. The third kappa shape index (κ3) is 3.97. The maximum Gasteiger partial charge on any atom is 0.197 e. The van der Waals surface area contributed by atoms with Crippen LogP contribution in [0.4, 0.5) is 0 Å². The van der Waals surface area contributed by atoms with Crippen LogP contribution in [0.3, 0.4) is 0 Å². The van der Waals surface area contributed by atoms with Crippen LogP contribution >= 0.6 is 0 Å². The van der Waals surface area contributed by atoms with Crippen molar-refractivity contribution in [2.45, 2.75) is 65.5 Å². The fourth-order valence-corrected chi connectivity index (χ4v) is 3.77. The second-order valence-electron chi connectivity index (χ2n) is 9.38. The van der Waals surface area contributed by atoms with Crippen LogP contribution in [0.25, 0.3) is 11.0 Å². The molecule has 0 aliphatic carbocycles. The number of hydrogen-bond acceptors (Lipinski definition) is 5. The molecule has 0 atom stereocenters. The fraction of sp³-hybridized carbons (Fsp3) is 0.458. The summed E-state index contributed by atoms with van der Waals surface area (Å²) in [5, 5.41) is 0.671. The molecule has 152 valence electrons. The predicted octanol–water partition coefficient (Wildman–Crippen LogP) is 4.56. The molecule has 4 rings (SSSR count). The van der Waals surface area contributed by atoms with Crippen molar-refractivity contribution >= 4 is 11.0 Å². The summed E-state index contributed by atoms with van der Waals surface area (Å²) in [6, 6.07) is 5.91. The van der Waals surface area contributed by atoms with Gasteiger partial charge in [0.25, 0.3) is 0 Å². The minimum atomic E-state index is -0.0505. The van der Waals surface area contributed by atoms with Crippen LogP contribution in [-0.2, 0) is 24.9 Å². The van der Waals surface area contributed by atoms with E-state index in [9.17, 15) is 4.79 Å². The molecule has 0 fully saturated rings. The number of aromatic nitrogens is 2. The van der Waals surface area contributed by atoms with E-state index >= 15 is 0 Å². The first-order chi connectivity index (χ1) is 13.7. The fourth-order valence-electron chi connectivity index (χ4n) is 3.77. The lowest BCUT2D eigenvalue weighted by Gasteiger charge is -2.28. The van der Waals surface area contributed by atoms with E-state index in [1.807, 2.05) is 24.4 Å². The summed E-state index contributed by atoms with van der Waals surface area (Å²) >= 11 is 0. The molecule has 5 heteroatoms. The smallest absolute Gasteiger partial charge is 0.197 e. The van der Waals surface area contributed by atoms with Gasteiger partial charge in [-0.3, -0.25) is 9.69 Å². The largest absolute Gasteiger partial charge is 0.464 e. The maximum atomic E-state index is 13.1. The van der Waals surface area contributed by atoms with Crippen molar-refractivity contribution in [1.82, 2.24) is 14.9 Å². The molecular weight excluding hydrogens is 362 g/mol. The van der Waals surface area contributed by atoms with Gasteiger partial charge in [-0.05, 0) is 23.6 Å². The van der Waals surface area contributed by atoms with Crippen LogP contribution in [-0.4, -0.2) is 21.4 Å². The molecule has 2 aromatic heterocycles. The Morgan fingerprint density at radius 3 is 2.76 bits per heavy atom. The molecule has 3 aromatic rings. The molecule has 0 radical (unpaired) electrons. The summed E-state index contributed by atoms with van der Waals surface area (Å²) in [5.74, 6) is 1.26. The summed E-state index contributed by atoms with van der Waals surface area (Å²) < 4.78 is 5.77. The van der Waals surface area contributed by atoms with Gasteiger partial charge in [-0.25, -0.2) is 9.97 Å². The topological polar surface area (TPSA) is 59.2 Å². The van der Waals surface area contributed by atoms with Crippen molar-refractivity contribution in [3.05, 3.63) is 69.1 Å². The number of nitrogens with zero attached hydrogens (tertiary/aromatic N) is 3. The summed E-state index contributed by atoms with van der Waals surface area (Å²) in [6.45, 7) is 12.9. The zero-order valence-electron chi connectivity index (χ0n) is 18.0. The molecule has 1 aliphatic heterocycles. The third-order valence-corrected chi connectivity index (χ3v) is 5.61. The van der Waals surface area contributed by atoms with E-state index < -0.39 is 0 Å². The minimum Gasteiger partial charge on any atom is -0.464 e. The first kappa shape index (κ1) is 19.8. The van der Waals surface area contributed by atoms with Crippen molar-refractivity contribution < 1.29 is 4.42 Å². The first-order valence-electron chi connectivity index (χ1n) is 10.3. The lowest BCUT2D eigenvalue weighted by atomic mass is 9.95. The Labute approximate surface area is 171 Å². The van der Waals surface area contributed by atoms with E-state index in [0.29, 0.717) is 29.0 Å². The molecule has 0 spiro atoms. The van der Waals surface area contributed by atoms with Crippen LogP contribution in [0.5, 0.6) is 0 Å². The van der Waals surface area contributed by atoms with Crippen LogP contribution in [0.2, 0.25) is 0 Å². The molecule has 1 aliphatic rings. The van der Waals surface area contributed by atoms with Gasteiger partial charge in [-0.1, -0.05) is 40.7 Å². The molecule has 0 bridgehead atoms. The Hall–Kier alpha value is -2.53. The highest BCUT2D eigenvalue weighted by molar-refractivity contribution is 5.77. The Morgan fingerprint density at radius 1 is 1.24 bits per heavy atom. The van der Waals surface area contributed by atoms with Gasteiger partial charge in [0.1, 0.15) is 11.4 Å². The number of benzene rings is 1. The van der Waals surface area contributed by atoms with Crippen LogP contribution < -0.4 is 5.43 Å². The zero-order chi connectivity index (χ0) is 20.8. The van der Waals surface area contributed by atoms with Crippen molar-refractivity contribution in [3.63, 3.8) is 0 Å². The zero-order valence-corrected chi connectivity index (χ0v) is 18.0. The van der Waals surface area contributed by atoms with E-state index in [4.69, 9.17) is 9.40 Å². The molecule has 5 nitrogen and oxygen atoms in total. The molecule has 0 unspecified atom stereocenters. The van der Waals surface area contributed by atoms with Crippen LogP contribution in [0, 0.1) is 0 Å². The molecule has 0 saturated heterocycles. The summed E-state index contributed by atoms with van der Waals surface area (Å²) in [7, 11) is 0. The quantitative estimate of drug-likeness (QED) is 0.655. The molecule has 0 amide bonds. The normalized spacial score (nSPS) is 15.1. The van der Waals surface area contributed by atoms with E-state index in [-0.39, 0.29) is 10.8 Å². The van der Waals surface area contributed by atoms with Gasteiger partial charge < -0.3 is 4.42 Å². The predicted molar refractivity (Wildman–Crippen MR) is 115 cm³/mol. The second-order valence-corrected chi connectivity index (χ2v) is 9.38. The second kappa shape index (κ2) is 7.38. The lowest BCUT2D eigenvalue weighted by molar-refractivity contribution is 0.240. The minimum absolute atomic E-state index is 0.0505. The van der Waals surface area contributed by atoms with Gasteiger partial charge in [-0.2, -0.15) is 0 Å². The SMILES string of the molecule is CC(C)c1ccc2occ(CN3CCc4nc(C(C)(C)C)ncc4C3)c(=O)c2c1. The molecule has 1 aromatic carbocycles. The van der Waals surface area contributed by atoms with E-state index in [0.717, 1.165) is 42.2 Å². The molecule has 29 heavy (non-hydrogen) atoms. The van der Waals surface area contributed by atoms with Crippen molar-refractivity contribution in [1.29, 1.82) is 0 Å². The Kier molecular flexibility index (Phi) is 5.03. The van der Waals surface area contributed by atoms with Crippen LogP contribution in [0.15, 0.2) is 39.9 Å². The monoisotopic (exact) mass is 391 g/mol. The summed E-state index contributed by atoms with van der Waals surface area (Å²) in [6.07, 6.45) is 4.44. The van der Waals surface area contributed by atoms with Gasteiger partial charge in [0.15, 0.2) is 5.43 Å². The van der Waals surface area contributed by atoms with E-state index in [2.05, 4.69) is 44.5 Å². The Bertz CT molecular complexity index is 1110. The first-order valence-corrected chi connectivity index (χ1v) is 10.3. The van der Waals surface area contributed by atoms with E-state index in [1.54, 1.807) is 6.26 Å². The molecule has 0 saturated carbocycles. The lowest BCUT2D eigenvalue weighted by Crippen LogP contribution is -2.33. The standard InChI is InChI=1S/C24H29N3O2/c1-15(2)16-6-7-21-19(10-16)22(28)18(14-29-21)13-27-9-8-20-17(12-27)11-25-23(26-20)24(3,4)5/h6-7,10-11,14-15H,8-9,12-13H2,1-5H3. The molecular formula is C24H29N3O2. The number of rotatable bonds is 3. The van der Waals surface area contributed by atoms with Crippen molar-refractivity contribution in [2.75, 3.05) is 6.54 Å². The third-order valence-electron chi connectivity index (χ3n) is 5.61. The average Bonchev–Trinajstić information content (AvgIpc) is 2.68. The van der Waals surface area contributed by atoms with Gasteiger partial charge in [0.05, 0.1) is 11.6 Å². The highest BCUT2D eigenvalue weighted by atomic mass is 16.3. The van der Waals surface area contributed by atoms with Crippen molar-refractivity contribution in [2.24, 2.45) is 0 Å². The van der Waals surface area contributed by atoms with Gasteiger partial charge in [-0.15, -0.1) is 0 Å². The molecule has 0 N–H and O–H groups in total. The average molecular weight is 392 g/mol. The highest BCUT2D eigenvalue weighted by Crippen LogP contribution is 2.24. The van der Waals surface area contributed by atoms with Gasteiger partial charge in [0, 0.05) is 54.5 Å². The Balaban J connectivity index is 1.58. The Morgan fingerprint density at radius 2 is 2.03 bits per heavy atom. The van der Waals surface area contributed by atoms with E-state index in [1.165, 1.54) is 0 Å².